The maximum atomic E-state index is 14.0. The summed E-state index contributed by atoms with van der Waals surface area (Å²) in [5, 5.41) is 17.2. The number of rotatable bonds is 9. The summed E-state index contributed by atoms with van der Waals surface area (Å²) in [5.41, 5.74) is 3.17. The van der Waals surface area contributed by atoms with E-state index in [0.717, 1.165) is 16.7 Å². The highest BCUT2D eigenvalue weighted by Crippen LogP contribution is 2.34. The Morgan fingerprint density at radius 2 is 1.85 bits per heavy atom. The molecule has 0 radical (unpaired) electrons. The van der Waals surface area contributed by atoms with Gasteiger partial charge in [-0.15, -0.1) is 21.5 Å². The first-order valence-electron chi connectivity index (χ1n) is 12.6. The minimum atomic E-state index is -0.968. The molecule has 3 aromatic heterocycles. The van der Waals surface area contributed by atoms with Crippen LogP contribution >= 0.6 is 11.3 Å². The summed E-state index contributed by atoms with van der Waals surface area (Å²) < 4.78 is 19.0. The average molecular weight is 559 g/mol. The fourth-order valence-corrected chi connectivity index (χ4v) is 5.10. The number of carbonyl (C=O) groups excluding carboxylic acids is 2. The number of hydrogen-bond acceptors (Lipinski definition) is 7. The summed E-state index contributed by atoms with van der Waals surface area (Å²) in [6.07, 6.45) is 0. The number of hydrogen-bond donors (Lipinski definition) is 1. The van der Waals surface area contributed by atoms with E-state index >= 15 is 0 Å². The molecule has 0 spiro atoms. The molecule has 3 heterocycles. The van der Waals surface area contributed by atoms with Gasteiger partial charge in [0.1, 0.15) is 24.2 Å². The highest BCUT2D eigenvalue weighted by Gasteiger charge is 2.35. The molecule has 0 aliphatic rings. The van der Waals surface area contributed by atoms with Crippen LogP contribution in [0.15, 0.2) is 76.5 Å². The Hall–Kier alpha value is -4.64. The first kappa shape index (κ1) is 26.9. The number of benzene rings is 2. The number of halogens is 1. The average Bonchev–Trinajstić information content (AvgIpc) is 3.71. The molecule has 0 fully saturated rings. The minimum Gasteiger partial charge on any atom is -0.458 e. The maximum absolute atomic E-state index is 14.0. The third-order valence-electron chi connectivity index (χ3n) is 6.49. The van der Waals surface area contributed by atoms with E-state index in [0.29, 0.717) is 22.1 Å². The lowest BCUT2D eigenvalue weighted by Gasteiger charge is -2.32. The Balaban J connectivity index is 1.49. The van der Waals surface area contributed by atoms with Crippen LogP contribution in [-0.2, 0) is 22.7 Å². The second kappa shape index (κ2) is 11.6. The second-order valence-electron chi connectivity index (χ2n) is 9.30. The number of furan rings is 1. The zero-order valence-corrected chi connectivity index (χ0v) is 23.0. The van der Waals surface area contributed by atoms with Gasteiger partial charge in [0.25, 0.3) is 5.91 Å². The van der Waals surface area contributed by atoms with Gasteiger partial charge in [-0.2, -0.15) is 4.80 Å². The van der Waals surface area contributed by atoms with Crippen LogP contribution in [0.2, 0.25) is 0 Å². The number of nitrogens with one attached hydrogen (secondary N) is 1. The molecular formula is C29H27FN6O3S. The van der Waals surface area contributed by atoms with Crippen molar-refractivity contribution in [1.29, 1.82) is 0 Å². The van der Waals surface area contributed by atoms with Crippen LogP contribution in [0.25, 0.3) is 11.6 Å². The Kier molecular flexibility index (Phi) is 7.83. The Morgan fingerprint density at radius 1 is 1.05 bits per heavy atom. The summed E-state index contributed by atoms with van der Waals surface area (Å²) in [6.45, 7) is 5.59. The molecule has 0 saturated heterocycles. The fourth-order valence-electron chi connectivity index (χ4n) is 4.28. The van der Waals surface area contributed by atoms with Crippen molar-refractivity contribution in [1.82, 2.24) is 25.5 Å². The van der Waals surface area contributed by atoms with Gasteiger partial charge in [0.2, 0.25) is 11.7 Å². The third kappa shape index (κ3) is 5.84. The SMILES string of the molecule is Cc1ccc(-c2nnn(CC(=O)N(c3cccc(C)c3C)[C@@H](C(=O)NCc3ccc(F)cc3)c3cccs3)n2)o1. The summed E-state index contributed by atoms with van der Waals surface area (Å²) in [7, 11) is 0. The molecule has 0 aliphatic heterocycles. The largest absolute Gasteiger partial charge is 0.458 e. The zero-order chi connectivity index (χ0) is 28.2. The summed E-state index contributed by atoms with van der Waals surface area (Å²) in [6, 6.07) is 17.7. The van der Waals surface area contributed by atoms with Crippen molar-refractivity contribution in [2.24, 2.45) is 0 Å². The highest BCUT2D eigenvalue weighted by atomic mass is 32.1. The van der Waals surface area contributed by atoms with Crippen LogP contribution in [0.5, 0.6) is 0 Å². The van der Waals surface area contributed by atoms with Crippen LogP contribution < -0.4 is 10.2 Å². The molecule has 11 heteroatoms. The van der Waals surface area contributed by atoms with Gasteiger partial charge in [-0.05, 0) is 84.5 Å². The monoisotopic (exact) mass is 558 g/mol. The number of nitrogens with zero attached hydrogens (tertiary/aromatic N) is 5. The Bertz CT molecular complexity index is 1630. The quantitative estimate of drug-likeness (QED) is 0.268. The molecule has 204 valence electrons. The van der Waals surface area contributed by atoms with E-state index in [-0.39, 0.29) is 30.6 Å². The Morgan fingerprint density at radius 3 is 2.55 bits per heavy atom. The van der Waals surface area contributed by atoms with Gasteiger partial charge in [0, 0.05) is 17.1 Å². The van der Waals surface area contributed by atoms with Gasteiger partial charge in [0.15, 0.2) is 5.76 Å². The molecule has 2 amide bonds. The van der Waals surface area contributed by atoms with Crippen molar-refractivity contribution < 1.29 is 18.4 Å². The highest BCUT2D eigenvalue weighted by molar-refractivity contribution is 7.10. The van der Waals surface area contributed by atoms with Crippen molar-refractivity contribution in [2.75, 3.05) is 4.90 Å². The number of carbonyl (C=O) groups is 2. The lowest BCUT2D eigenvalue weighted by atomic mass is 10.0. The van der Waals surface area contributed by atoms with E-state index in [4.69, 9.17) is 4.42 Å². The van der Waals surface area contributed by atoms with Crippen molar-refractivity contribution in [2.45, 2.75) is 39.9 Å². The van der Waals surface area contributed by atoms with E-state index < -0.39 is 11.9 Å². The predicted molar refractivity (Wildman–Crippen MR) is 149 cm³/mol. The lowest BCUT2D eigenvalue weighted by Crippen LogP contribution is -2.45. The molecule has 0 bridgehead atoms. The lowest BCUT2D eigenvalue weighted by molar-refractivity contribution is -0.127. The minimum absolute atomic E-state index is 0.173. The first-order chi connectivity index (χ1) is 19.3. The summed E-state index contributed by atoms with van der Waals surface area (Å²) in [4.78, 5) is 31.2. The summed E-state index contributed by atoms with van der Waals surface area (Å²) in [5.74, 6) is 0.271. The maximum Gasteiger partial charge on any atom is 0.251 e. The molecule has 5 rings (SSSR count). The third-order valence-corrected chi connectivity index (χ3v) is 7.42. The van der Waals surface area contributed by atoms with E-state index in [1.807, 2.05) is 56.5 Å². The molecule has 0 aliphatic carbocycles. The number of thiophene rings is 1. The smallest absolute Gasteiger partial charge is 0.251 e. The fraction of sp³-hybridized carbons (Fsp3) is 0.207. The van der Waals surface area contributed by atoms with Crippen LogP contribution in [0.4, 0.5) is 10.1 Å². The number of aryl methyl sites for hydroxylation is 2. The molecule has 1 N–H and O–H groups in total. The number of tetrazole rings is 1. The van der Waals surface area contributed by atoms with Crippen LogP contribution in [0.3, 0.4) is 0 Å². The van der Waals surface area contributed by atoms with Gasteiger partial charge < -0.3 is 9.73 Å². The van der Waals surface area contributed by atoms with Crippen LogP contribution in [0.1, 0.15) is 33.4 Å². The second-order valence-corrected chi connectivity index (χ2v) is 10.3. The van der Waals surface area contributed by atoms with Crippen molar-refractivity contribution in [3.8, 4) is 11.6 Å². The number of amides is 2. The van der Waals surface area contributed by atoms with Gasteiger partial charge in [0.05, 0.1) is 0 Å². The van der Waals surface area contributed by atoms with Gasteiger partial charge in [-0.25, -0.2) is 4.39 Å². The standard InChI is InChI=1S/C29H27FN6O3S/c1-18-6-4-7-23(20(18)3)36(26(37)17-35-33-28(32-34-35)24-14-9-19(2)39-24)27(25-8-5-15-40-25)29(38)31-16-21-10-12-22(30)13-11-21/h4-15,27H,16-17H2,1-3H3,(H,31,38)/t27-/m1/s1. The normalized spacial score (nSPS) is 11.8. The van der Waals surface area contributed by atoms with Crippen LogP contribution in [-0.4, -0.2) is 32.0 Å². The molecule has 1 atom stereocenters. The topological polar surface area (TPSA) is 106 Å². The van der Waals surface area contributed by atoms with Crippen molar-refractivity contribution >= 4 is 28.8 Å². The van der Waals surface area contributed by atoms with Crippen molar-refractivity contribution in [3.63, 3.8) is 0 Å². The van der Waals surface area contributed by atoms with E-state index in [1.165, 1.54) is 33.2 Å². The predicted octanol–water partition coefficient (Wildman–Crippen LogP) is 5.15. The number of anilines is 1. The molecule has 9 nitrogen and oxygen atoms in total. The van der Waals surface area contributed by atoms with Gasteiger partial charge in [-0.3, -0.25) is 14.5 Å². The Labute approximate surface area is 234 Å². The van der Waals surface area contributed by atoms with E-state index in [9.17, 15) is 14.0 Å². The molecule has 0 saturated carbocycles. The molecular weight excluding hydrogens is 531 g/mol. The summed E-state index contributed by atoms with van der Waals surface area (Å²) >= 11 is 1.38. The van der Waals surface area contributed by atoms with Gasteiger partial charge >= 0.3 is 0 Å². The first-order valence-corrected chi connectivity index (χ1v) is 13.5. The van der Waals surface area contributed by atoms with E-state index in [2.05, 4.69) is 20.7 Å². The van der Waals surface area contributed by atoms with Crippen LogP contribution in [0, 0.1) is 26.6 Å². The molecule has 5 aromatic rings. The number of aromatic nitrogens is 4. The van der Waals surface area contributed by atoms with E-state index in [1.54, 1.807) is 24.3 Å². The molecule has 0 unspecified atom stereocenters. The van der Waals surface area contributed by atoms with Gasteiger partial charge in [-0.1, -0.05) is 30.3 Å². The van der Waals surface area contributed by atoms with Crippen molar-refractivity contribution in [3.05, 3.63) is 105 Å². The zero-order valence-electron chi connectivity index (χ0n) is 22.2. The molecule has 40 heavy (non-hydrogen) atoms. The molecule has 2 aromatic carbocycles.